The van der Waals surface area contributed by atoms with E-state index in [0.717, 1.165) is 12.0 Å². The number of carbonyl (C=O) groups excluding carboxylic acids is 1. The number of hydrogen-bond donors (Lipinski definition) is 0. The molecule has 0 unspecified atom stereocenters. The Morgan fingerprint density at radius 2 is 2.33 bits per heavy atom. The Balaban J connectivity index is 2.58. The van der Waals surface area contributed by atoms with Crippen LogP contribution in [-0.4, -0.2) is 21.1 Å². The molecule has 0 saturated carbocycles. The lowest BCUT2D eigenvalue weighted by atomic mass is 10.2. The highest BCUT2D eigenvalue weighted by atomic mass is 35.5. The van der Waals surface area contributed by atoms with Crippen LogP contribution in [0.25, 0.3) is 5.69 Å². The molecule has 0 radical (unpaired) electrons. The summed E-state index contributed by atoms with van der Waals surface area (Å²) in [6, 6.07) is 1.63. The first-order valence-electron chi connectivity index (χ1n) is 4.33. The maximum atomic E-state index is 10.8. The quantitative estimate of drug-likeness (QED) is 0.730. The van der Waals surface area contributed by atoms with E-state index in [9.17, 15) is 4.79 Å². The highest BCUT2D eigenvalue weighted by Crippen LogP contribution is 2.17. The molecule has 15 heavy (non-hydrogen) atoms. The predicted molar refractivity (Wildman–Crippen MR) is 56.5 cm³/mol. The van der Waals surface area contributed by atoms with Crippen molar-refractivity contribution in [3.05, 3.63) is 40.9 Å². The highest BCUT2D eigenvalue weighted by Gasteiger charge is 2.07. The zero-order valence-electron chi connectivity index (χ0n) is 8.01. The Morgan fingerprint density at radius 1 is 1.53 bits per heavy atom. The van der Waals surface area contributed by atoms with Crippen molar-refractivity contribution >= 4 is 17.9 Å². The third-order valence-electron chi connectivity index (χ3n) is 2.05. The van der Waals surface area contributed by atoms with Crippen molar-refractivity contribution in [1.82, 2.24) is 14.8 Å². The molecule has 0 aromatic carbocycles. The van der Waals surface area contributed by atoms with E-state index in [1.54, 1.807) is 36.3 Å². The van der Waals surface area contributed by atoms with Gasteiger partial charge in [-0.3, -0.25) is 9.78 Å². The van der Waals surface area contributed by atoms with Crippen LogP contribution in [0.1, 0.15) is 16.1 Å². The Hall–Kier alpha value is -1.68. The maximum Gasteiger partial charge on any atom is 0.152 e. The van der Waals surface area contributed by atoms with Gasteiger partial charge in [-0.1, -0.05) is 11.6 Å². The summed E-state index contributed by atoms with van der Waals surface area (Å²) < 4.78 is 1.55. The van der Waals surface area contributed by atoms with Crippen molar-refractivity contribution in [2.75, 3.05) is 0 Å². The van der Waals surface area contributed by atoms with Crippen molar-refractivity contribution in [3.8, 4) is 5.69 Å². The molecule has 0 bridgehead atoms. The molecule has 0 amide bonds. The van der Waals surface area contributed by atoms with Crippen molar-refractivity contribution in [1.29, 1.82) is 0 Å². The molecule has 0 aliphatic rings. The Morgan fingerprint density at radius 3 is 2.93 bits per heavy atom. The largest absolute Gasteiger partial charge is 0.298 e. The second-order valence-electron chi connectivity index (χ2n) is 3.06. The molecule has 2 heterocycles. The number of halogens is 1. The molecule has 0 N–H and O–H groups in total. The van der Waals surface area contributed by atoms with Gasteiger partial charge in [0, 0.05) is 18.0 Å². The fraction of sp³-hybridized carbons (Fsp3) is 0.100. The first-order valence-corrected chi connectivity index (χ1v) is 4.71. The van der Waals surface area contributed by atoms with E-state index >= 15 is 0 Å². The van der Waals surface area contributed by atoms with Crippen LogP contribution in [0.3, 0.4) is 0 Å². The molecule has 4 nitrogen and oxygen atoms in total. The maximum absolute atomic E-state index is 10.8. The lowest BCUT2D eigenvalue weighted by molar-refractivity contribution is 0.112. The van der Waals surface area contributed by atoms with Crippen LogP contribution >= 0.6 is 11.6 Å². The molecule has 2 aromatic heterocycles. The molecule has 0 spiro atoms. The Labute approximate surface area is 91.5 Å². The highest BCUT2D eigenvalue weighted by molar-refractivity contribution is 6.31. The third-order valence-corrected chi connectivity index (χ3v) is 2.42. The van der Waals surface area contributed by atoms with E-state index < -0.39 is 0 Å². The molecule has 0 saturated heterocycles. The van der Waals surface area contributed by atoms with Gasteiger partial charge in [0.15, 0.2) is 6.29 Å². The predicted octanol–water partition coefficient (Wildman–Crippen LogP) is 2.04. The lowest BCUT2D eigenvalue weighted by Gasteiger charge is -2.02. The lowest BCUT2D eigenvalue weighted by Crippen LogP contribution is -2.00. The van der Waals surface area contributed by atoms with Gasteiger partial charge in [0.05, 0.1) is 22.6 Å². The number of rotatable bonds is 2. The summed E-state index contributed by atoms with van der Waals surface area (Å²) in [5.41, 5.74) is 1.88. The summed E-state index contributed by atoms with van der Waals surface area (Å²) in [6.45, 7) is 1.80. The van der Waals surface area contributed by atoms with E-state index in [4.69, 9.17) is 11.6 Å². The van der Waals surface area contributed by atoms with Crippen LogP contribution < -0.4 is 0 Å². The van der Waals surface area contributed by atoms with Gasteiger partial charge in [-0.05, 0) is 13.0 Å². The summed E-state index contributed by atoms with van der Waals surface area (Å²) in [6.07, 6.45) is 5.56. The number of pyridine rings is 1. The second-order valence-corrected chi connectivity index (χ2v) is 3.47. The van der Waals surface area contributed by atoms with E-state index in [2.05, 4.69) is 10.1 Å². The van der Waals surface area contributed by atoms with Gasteiger partial charge >= 0.3 is 0 Å². The fourth-order valence-corrected chi connectivity index (χ4v) is 1.38. The Kier molecular flexibility index (Phi) is 2.51. The van der Waals surface area contributed by atoms with E-state index in [1.165, 1.54) is 0 Å². The van der Waals surface area contributed by atoms with E-state index in [1.807, 2.05) is 0 Å². The molecule has 2 aromatic rings. The number of carbonyl (C=O) groups is 1. The molecule has 0 aliphatic carbocycles. The van der Waals surface area contributed by atoms with Crippen LogP contribution in [-0.2, 0) is 0 Å². The zero-order valence-corrected chi connectivity index (χ0v) is 8.77. The second kappa shape index (κ2) is 3.82. The van der Waals surface area contributed by atoms with Gasteiger partial charge in [-0.15, -0.1) is 0 Å². The van der Waals surface area contributed by atoms with Crippen molar-refractivity contribution in [2.24, 2.45) is 0 Å². The van der Waals surface area contributed by atoms with Crippen LogP contribution in [0.4, 0.5) is 0 Å². The standard InChI is InChI=1S/C10H8ClN3O/c1-7-9(11)5-14(13-7)10-4-12-3-2-8(10)6-15/h2-6H,1H3. The minimum absolute atomic E-state index is 0.532. The summed E-state index contributed by atoms with van der Waals surface area (Å²) >= 11 is 5.88. The first-order chi connectivity index (χ1) is 7.22. The smallest absolute Gasteiger partial charge is 0.152 e. The number of aromatic nitrogens is 3. The molecule has 0 atom stereocenters. The number of aryl methyl sites for hydroxylation is 1. The van der Waals surface area contributed by atoms with Gasteiger partial charge in [0.25, 0.3) is 0 Å². The minimum atomic E-state index is 0.532. The van der Waals surface area contributed by atoms with E-state index in [0.29, 0.717) is 16.3 Å². The summed E-state index contributed by atoms with van der Waals surface area (Å²) in [5.74, 6) is 0. The number of aldehydes is 1. The topological polar surface area (TPSA) is 47.8 Å². The summed E-state index contributed by atoms with van der Waals surface area (Å²) in [4.78, 5) is 14.7. The fourth-order valence-electron chi connectivity index (χ4n) is 1.25. The van der Waals surface area contributed by atoms with Crippen LogP contribution in [0.15, 0.2) is 24.7 Å². The molecule has 0 aliphatic heterocycles. The molecule has 2 rings (SSSR count). The first kappa shape index (κ1) is 9.86. The average molecular weight is 222 g/mol. The summed E-state index contributed by atoms with van der Waals surface area (Å²) in [5, 5.41) is 4.74. The molecular weight excluding hydrogens is 214 g/mol. The summed E-state index contributed by atoms with van der Waals surface area (Å²) in [7, 11) is 0. The Bertz CT molecular complexity index is 488. The van der Waals surface area contributed by atoms with E-state index in [-0.39, 0.29) is 0 Å². The molecule has 5 heteroatoms. The average Bonchev–Trinajstić information content (AvgIpc) is 2.59. The zero-order chi connectivity index (χ0) is 10.8. The van der Waals surface area contributed by atoms with Crippen LogP contribution in [0.2, 0.25) is 5.02 Å². The number of hydrogen-bond acceptors (Lipinski definition) is 3. The van der Waals surface area contributed by atoms with Crippen LogP contribution in [0, 0.1) is 6.92 Å². The van der Waals surface area contributed by atoms with Gasteiger partial charge in [-0.2, -0.15) is 5.10 Å². The molecule has 0 fully saturated rings. The van der Waals surface area contributed by atoms with Crippen molar-refractivity contribution < 1.29 is 4.79 Å². The molecular formula is C10H8ClN3O. The van der Waals surface area contributed by atoms with Gasteiger partial charge in [0.2, 0.25) is 0 Å². The number of nitrogens with zero attached hydrogens (tertiary/aromatic N) is 3. The minimum Gasteiger partial charge on any atom is -0.298 e. The third kappa shape index (κ3) is 1.76. The van der Waals surface area contributed by atoms with Crippen molar-refractivity contribution in [2.45, 2.75) is 6.92 Å². The SMILES string of the molecule is Cc1nn(-c2cnccc2C=O)cc1Cl. The molecule has 76 valence electrons. The van der Waals surface area contributed by atoms with Crippen molar-refractivity contribution in [3.63, 3.8) is 0 Å². The van der Waals surface area contributed by atoms with Crippen LogP contribution in [0.5, 0.6) is 0 Å². The normalized spacial score (nSPS) is 10.3. The van der Waals surface area contributed by atoms with Gasteiger partial charge in [-0.25, -0.2) is 4.68 Å². The van der Waals surface area contributed by atoms with Gasteiger partial charge in [0.1, 0.15) is 0 Å². The monoisotopic (exact) mass is 221 g/mol. The van der Waals surface area contributed by atoms with Gasteiger partial charge < -0.3 is 0 Å².